The van der Waals surface area contributed by atoms with E-state index < -0.39 is 5.54 Å². The molecule has 0 bridgehead atoms. The first kappa shape index (κ1) is 19.5. The van der Waals surface area contributed by atoms with Gasteiger partial charge in [-0.25, -0.2) is 0 Å². The Labute approximate surface area is 143 Å². The van der Waals surface area contributed by atoms with E-state index in [2.05, 4.69) is 10.6 Å². The van der Waals surface area contributed by atoms with Crippen LogP contribution in [0.15, 0.2) is 24.3 Å². The molecule has 0 atom stereocenters. The zero-order valence-corrected chi connectivity index (χ0v) is 14.5. The van der Waals surface area contributed by atoms with Crippen molar-refractivity contribution in [3.63, 3.8) is 0 Å². The third-order valence-electron chi connectivity index (χ3n) is 4.13. The molecule has 128 valence electrons. The lowest BCUT2D eigenvalue weighted by Crippen LogP contribution is -2.52. The number of anilines is 2. The second-order valence-corrected chi connectivity index (χ2v) is 6.39. The van der Waals surface area contributed by atoms with E-state index in [4.69, 9.17) is 5.73 Å². The van der Waals surface area contributed by atoms with Crippen molar-refractivity contribution in [1.82, 2.24) is 0 Å². The Morgan fingerprint density at radius 2 is 1.48 bits per heavy atom. The molecule has 6 heteroatoms. The van der Waals surface area contributed by atoms with Crippen molar-refractivity contribution in [3.05, 3.63) is 24.3 Å². The van der Waals surface area contributed by atoms with Gasteiger partial charge in [-0.05, 0) is 37.1 Å². The van der Waals surface area contributed by atoms with E-state index in [1.165, 1.54) is 0 Å². The molecule has 0 spiro atoms. The molecule has 1 saturated carbocycles. The number of carbonyl (C=O) groups is 2. The molecule has 23 heavy (non-hydrogen) atoms. The summed E-state index contributed by atoms with van der Waals surface area (Å²) >= 11 is 0. The van der Waals surface area contributed by atoms with Crippen LogP contribution in [0.3, 0.4) is 0 Å². The fourth-order valence-electron chi connectivity index (χ4n) is 2.59. The van der Waals surface area contributed by atoms with Crippen molar-refractivity contribution in [3.8, 4) is 0 Å². The molecule has 1 aliphatic rings. The Bertz CT molecular complexity index is 537. The maximum absolute atomic E-state index is 12.3. The average molecular weight is 340 g/mol. The molecule has 4 N–H and O–H groups in total. The highest BCUT2D eigenvalue weighted by atomic mass is 35.5. The number of hydrogen-bond acceptors (Lipinski definition) is 3. The van der Waals surface area contributed by atoms with Crippen LogP contribution in [-0.2, 0) is 9.59 Å². The number of nitrogens with one attached hydrogen (secondary N) is 2. The molecule has 0 saturated heterocycles. The number of halogens is 1. The molecule has 1 aliphatic carbocycles. The third-order valence-corrected chi connectivity index (χ3v) is 4.13. The van der Waals surface area contributed by atoms with Gasteiger partial charge in [0.15, 0.2) is 0 Å². The molecule has 1 aromatic carbocycles. The largest absolute Gasteiger partial charge is 0.326 e. The van der Waals surface area contributed by atoms with Gasteiger partial charge >= 0.3 is 0 Å². The summed E-state index contributed by atoms with van der Waals surface area (Å²) in [5.41, 5.74) is 6.88. The average Bonchev–Trinajstić information content (AvgIpc) is 2.49. The van der Waals surface area contributed by atoms with Crippen LogP contribution in [0, 0.1) is 5.92 Å². The minimum Gasteiger partial charge on any atom is -0.326 e. The standard InChI is InChI=1S/C17H25N3O2.ClH/c1-12(2)15(21)19-13-6-8-14(9-7-13)20-16(22)17(18)10-4-3-5-11-17;/h6-9,12H,3-5,10-11,18H2,1-2H3,(H,19,21)(H,20,22);1H. The molecule has 1 aromatic rings. The topological polar surface area (TPSA) is 84.2 Å². The maximum Gasteiger partial charge on any atom is 0.244 e. The first-order valence-electron chi connectivity index (χ1n) is 7.92. The Balaban J connectivity index is 0.00000264. The lowest BCUT2D eigenvalue weighted by molar-refractivity contribution is -0.122. The van der Waals surface area contributed by atoms with Gasteiger partial charge in [0.05, 0.1) is 5.54 Å². The summed E-state index contributed by atoms with van der Waals surface area (Å²) in [6.07, 6.45) is 4.63. The molecule has 2 rings (SSSR count). The lowest BCUT2D eigenvalue weighted by Gasteiger charge is -2.31. The molecular formula is C17H26ClN3O2. The van der Waals surface area contributed by atoms with Crippen LogP contribution in [0.4, 0.5) is 11.4 Å². The van der Waals surface area contributed by atoms with Crippen molar-refractivity contribution in [2.45, 2.75) is 51.5 Å². The Morgan fingerprint density at radius 3 is 1.96 bits per heavy atom. The van der Waals surface area contributed by atoms with Crippen molar-refractivity contribution in [2.75, 3.05) is 10.6 Å². The quantitative estimate of drug-likeness (QED) is 0.786. The molecule has 0 heterocycles. The van der Waals surface area contributed by atoms with Gasteiger partial charge in [0.2, 0.25) is 11.8 Å². The van der Waals surface area contributed by atoms with E-state index in [-0.39, 0.29) is 30.1 Å². The highest BCUT2D eigenvalue weighted by Gasteiger charge is 2.35. The molecule has 2 amide bonds. The van der Waals surface area contributed by atoms with Gasteiger partial charge in [0.1, 0.15) is 0 Å². The van der Waals surface area contributed by atoms with Gasteiger partial charge in [-0.2, -0.15) is 0 Å². The number of amides is 2. The highest BCUT2D eigenvalue weighted by Crippen LogP contribution is 2.27. The third kappa shape index (κ3) is 5.22. The van der Waals surface area contributed by atoms with Gasteiger partial charge in [0, 0.05) is 17.3 Å². The van der Waals surface area contributed by atoms with Gasteiger partial charge < -0.3 is 16.4 Å². The molecule has 0 radical (unpaired) electrons. The normalized spacial score (nSPS) is 16.3. The Hall–Kier alpha value is -1.59. The molecule has 0 aliphatic heterocycles. The van der Waals surface area contributed by atoms with Gasteiger partial charge in [-0.15, -0.1) is 12.4 Å². The summed E-state index contributed by atoms with van der Waals surface area (Å²) in [6, 6.07) is 7.11. The van der Waals surface area contributed by atoms with Crippen molar-refractivity contribution in [2.24, 2.45) is 11.7 Å². The summed E-state index contributed by atoms with van der Waals surface area (Å²) < 4.78 is 0. The van der Waals surface area contributed by atoms with Crippen LogP contribution in [0.1, 0.15) is 46.0 Å². The SMILES string of the molecule is CC(C)C(=O)Nc1ccc(NC(=O)C2(N)CCCCC2)cc1.Cl. The van der Waals surface area contributed by atoms with Crippen molar-refractivity contribution >= 4 is 35.6 Å². The molecule has 1 fully saturated rings. The number of rotatable bonds is 4. The van der Waals surface area contributed by atoms with Crippen LogP contribution in [-0.4, -0.2) is 17.4 Å². The van der Waals surface area contributed by atoms with Gasteiger partial charge in [0.25, 0.3) is 0 Å². The highest BCUT2D eigenvalue weighted by molar-refractivity contribution is 5.98. The number of nitrogens with two attached hydrogens (primary N) is 1. The summed E-state index contributed by atoms with van der Waals surface area (Å²) in [7, 11) is 0. The van der Waals surface area contributed by atoms with E-state index >= 15 is 0 Å². The van der Waals surface area contributed by atoms with Crippen LogP contribution in [0.25, 0.3) is 0 Å². The minimum atomic E-state index is -0.747. The first-order valence-corrected chi connectivity index (χ1v) is 7.92. The van der Waals surface area contributed by atoms with Crippen LogP contribution in [0.2, 0.25) is 0 Å². The number of hydrogen-bond donors (Lipinski definition) is 3. The Morgan fingerprint density at radius 1 is 1.00 bits per heavy atom. The van der Waals surface area contributed by atoms with Crippen LogP contribution >= 0.6 is 12.4 Å². The monoisotopic (exact) mass is 339 g/mol. The fourth-order valence-corrected chi connectivity index (χ4v) is 2.59. The predicted octanol–water partition coefficient (Wildman–Crippen LogP) is 3.30. The fraction of sp³-hybridized carbons (Fsp3) is 0.529. The first-order chi connectivity index (χ1) is 10.4. The number of carbonyl (C=O) groups excluding carboxylic acids is 2. The second kappa shape index (κ2) is 8.31. The Kier molecular flexibility index (Phi) is 7.03. The zero-order valence-electron chi connectivity index (χ0n) is 13.7. The summed E-state index contributed by atoms with van der Waals surface area (Å²) in [6.45, 7) is 3.68. The minimum absolute atomic E-state index is 0. The maximum atomic E-state index is 12.3. The van der Waals surface area contributed by atoms with E-state index in [0.29, 0.717) is 5.69 Å². The summed E-state index contributed by atoms with van der Waals surface area (Å²) in [5.74, 6) is -0.214. The summed E-state index contributed by atoms with van der Waals surface area (Å²) in [4.78, 5) is 24.0. The second-order valence-electron chi connectivity index (χ2n) is 6.39. The summed E-state index contributed by atoms with van der Waals surface area (Å²) in [5, 5.41) is 5.70. The van der Waals surface area contributed by atoms with Crippen LogP contribution < -0.4 is 16.4 Å². The van der Waals surface area contributed by atoms with Gasteiger partial charge in [-0.1, -0.05) is 33.1 Å². The zero-order chi connectivity index (χ0) is 16.2. The van der Waals surface area contributed by atoms with E-state index in [1.54, 1.807) is 24.3 Å². The number of benzene rings is 1. The van der Waals surface area contributed by atoms with E-state index in [9.17, 15) is 9.59 Å². The van der Waals surface area contributed by atoms with Crippen molar-refractivity contribution in [1.29, 1.82) is 0 Å². The van der Waals surface area contributed by atoms with Gasteiger partial charge in [-0.3, -0.25) is 9.59 Å². The molecular weight excluding hydrogens is 314 g/mol. The lowest BCUT2D eigenvalue weighted by atomic mass is 9.82. The van der Waals surface area contributed by atoms with E-state index in [1.807, 2.05) is 13.8 Å². The molecule has 0 aromatic heterocycles. The predicted molar refractivity (Wildman–Crippen MR) is 95.8 cm³/mol. The molecule has 0 unspecified atom stereocenters. The van der Waals surface area contributed by atoms with E-state index in [0.717, 1.165) is 37.8 Å². The molecule has 5 nitrogen and oxygen atoms in total. The smallest absolute Gasteiger partial charge is 0.244 e. The van der Waals surface area contributed by atoms with Crippen molar-refractivity contribution < 1.29 is 9.59 Å². The van der Waals surface area contributed by atoms with Crippen LogP contribution in [0.5, 0.6) is 0 Å².